The predicted molar refractivity (Wildman–Crippen MR) is 91.4 cm³/mol. The number of aliphatic carboxylic acids is 1. The summed E-state index contributed by atoms with van der Waals surface area (Å²) in [6.07, 6.45) is 2.30. The number of amides is 1. The van der Waals surface area contributed by atoms with Crippen LogP contribution in [0.5, 0.6) is 0 Å². The molecule has 0 spiro atoms. The number of hydrogen-bond donors (Lipinski definition) is 2. The van der Waals surface area contributed by atoms with Crippen LogP contribution in [-0.2, 0) is 11.3 Å². The molecule has 1 amide bonds. The van der Waals surface area contributed by atoms with E-state index >= 15 is 0 Å². The van der Waals surface area contributed by atoms with E-state index in [0.717, 1.165) is 31.5 Å². The third-order valence-electron chi connectivity index (χ3n) is 3.75. The van der Waals surface area contributed by atoms with Gasteiger partial charge in [0.2, 0.25) is 0 Å². The summed E-state index contributed by atoms with van der Waals surface area (Å²) in [4.78, 5) is 25.7. The minimum atomic E-state index is -1.01. The minimum Gasteiger partial charge on any atom is -0.480 e. The average Bonchev–Trinajstić information content (AvgIpc) is 2.49. The van der Waals surface area contributed by atoms with E-state index in [2.05, 4.69) is 24.2 Å². The Morgan fingerprint density at radius 1 is 1.30 bits per heavy atom. The van der Waals surface area contributed by atoms with E-state index in [4.69, 9.17) is 0 Å². The molecule has 0 fully saturated rings. The monoisotopic (exact) mass is 320 g/mol. The van der Waals surface area contributed by atoms with Gasteiger partial charge in [0.25, 0.3) is 5.91 Å². The van der Waals surface area contributed by atoms with Crippen molar-refractivity contribution < 1.29 is 14.7 Å². The summed E-state index contributed by atoms with van der Waals surface area (Å²) in [7, 11) is 2.06. The number of carbonyl (C=O) groups excluding carboxylic acids is 1. The highest BCUT2D eigenvalue weighted by Gasteiger charge is 2.23. The van der Waals surface area contributed by atoms with Crippen molar-refractivity contribution in [2.45, 2.75) is 46.2 Å². The van der Waals surface area contributed by atoms with Crippen LogP contribution >= 0.6 is 0 Å². The number of benzene rings is 1. The lowest BCUT2D eigenvalue weighted by Gasteiger charge is -2.19. The molecule has 0 bridgehead atoms. The first-order valence-electron chi connectivity index (χ1n) is 8.16. The molecule has 0 aliphatic carbocycles. The standard InChI is InChI=1S/C18H28N2O3/c1-5-6-10-20(4)12-14-8-7-9-15(11-14)17(21)19-16(13(2)3)18(22)23/h7-9,11,13,16H,5-6,10,12H2,1-4H3,(H,19,21)(H,22,23). The van der Waals surface area contributed by atoms with E-state index in [1.807, 2.05) is 18.2 Å². The maximum atomic E-state index is 12.3. The van der Waals surface area contributed by atoms with E-state index in [1.54, 1.807) is 19.9 Å². The highest BCUT2D eigenvalue weighted by Crippen LogP contribution is 2.10. The van der Waals surface area contributed by atoms with Crippen molar-refractivity contribution in [3.05, 3.63) is 35.4 Å². The third-order valence-corrected chi connectivity index (χ3v) is 3.75. The summed E-state index contributed by atoms with van der Waals surface area (Å²) >= 11 is 0. The molecule has 1 atom stereocenters. The Labute approximate surface area is 138 Å². The number of nitrogens with zero attached hydrogens (tertiary/aromatic N) is 1. The minimum absolute atomic E-state index is 0.167. The van der Waals surface area contributed by atoms with Crippen LogP contribution in [0.2, 0.25) is 0 Å². The Kier molecular flexibility index (Phi) is 7.75. The van der Waals surface area contributed by atoms with Crippen LogP contribution in [0.1, 0.15) is 49.5 Å². The summed E-state index contributed by atoms with van der Waals surface area (Å²) in [6.45, 7) is 7.50. The van der Waals surface area contributed by atoms with Gasteiger partial charge in [0, 0.05) is 12.1 Å². The van der Waals surface area contributed by atoms with E-state index in [-0.39, 0.29) is 11.8 Å². The maximum absolute atomic E-state index is 12.3. The van der Waals surface area contributed by atoms with Gasteiger partial charge in [-0.1, -0.05) is 39.3 Å². The average molecular weight is 320 g/mol. The first kappa shape index (κ1) is 19.2. The van der Waals surface area contributed by atoms with Crippen LogP contribution in [0.4, 0.5) is 0 Å². The summed E-state index contributed by atoms with van der Waals surface area (Å²) in [5, 5.41) is 11.8. The van der Waals surface area contributed by atoms with Crippen molar-refractivity contribution >= 4 is 11.9 Å². The molecule has 0 aliphatic rings. The van der Waals surface area contributed by atoms with Gasteiger partial charge < -0.3 is 15.3 Å². The van der Waals surface area contributed by atoms with E-state index < -0.39 is 12.0 Å². The lowest BCUT2D eigenvalue weighted by molar-refractivity contribution is -0.140. The van der Waals surface area contributed by atoms with Gasteiger partial charge in [0.1, 0.15) is 6.04 Å². The number of carboxylic acids is 1. The Morgan fingerprint density at radius 2 is 2.00 bits per heavy atom. The normalized spacial score (nSPS) is 12.4. The van der Waals surface area contributed by atoms with Crippen LogP contribution in [0, 0.1) is 5.92 Å². The smallest absolute Gasteiger partial charge is 0.326 e. The predicted octanol–water partition coefficient (Wildman–Crippen LogP) is 2.76. The SMILES string of the molecule is CCCCN(C)Cc1cccc(C(=O)NC(C(=O)O)C(C)C)c1. The zero-order valence-corrected chi connectivity index (χ0v) is 14.5. The molecule has 5 heteroatoms. The Bertz CT molecular complexity index is 529. The van der Waals surface area contributed by atoms with Crippen molar-refractivity contribution in [3.8, 4) is 0 Å². The lowest BCUT2D eigenvalue weighted by atomic mass is 10.0. The van der Waals surface area contributed by atoms with Crippen molar-refractivity contribution in [3.63, 3.8) is 0 Å². The van der Waals surface area contributed by atoms with Crippen molar-refractivity contribution in [2.75, 3.05) is 13.6 Å². The van der Waals surface area contributed by atoms with Gasteiger partial charge in [0.15, 0.2) is 0 Å². The van der Waals surface area contributed by atoms with Crippen molar-refractivity contribution in [1.29, 1.82) is 0 Å². The Hall–Kier alpha value is -1.88. The second-order valence-corrected chi connectivity index (χ2v) is 6.33. The molecule has 0 aromatic heterocycles. The maximum Gasteiger partial charge on any atom is 0.326 e. The molecule has 0 aliphatic heterocycles. The molecule has 128 valence electrons. The fraction of sp³-hybridized carbons (Fsp3) is 0.556. The highest BCUT2D eigenvalue weighted by molar-refractivity contribution is 5.96. The molecule has 23 heavy (non-hydrogen) atoms. The van der Waals surface area contributed by atoms with Crippen molar-refractivity contribution in [1.82, 2.24) is 10.2 Å². The van der Waals surface area contributed by atoms with Crippen LogP contribution < -0.4 is 5.32 Å². The Balaban J connectivity index is 2.75. The molecule has 0 radical (unpaired) electrons. The van der Waals surface area contributed by atoms with E-state index in [1.165, 1.54) is 0 Å². The highest BCUT2D eigenvalue weighted by atomic mass is 16.4. The zero-order chi connectivity index (χ0) is 17.4. The van der Waals surface area contributed by atoms with Crippen molar-refractivity contribution in [2.24, 2.45) is 5.92 Å². The first-order valence-corrected chi connectivity index (χ1v) is 8.16. The van der Waals surface area contributed by atoms with Crippen LogP contribution in [0.15, 0.2) is 24.3 Å². The number of nitrogens with one attached hydrogen (secondary N) is 1. The molecule has 0 saturated carbocycles. The third kappa shape index (κ3) is 6.40. The van der Waals surface area contributed by atoms with Gasteiger partial charge in [-0.2, -0.15) is 0 Å². The number of rotatable bonds is 9. The first-order chi connectivity index (χ1) is 10.8. The molecular formula is C18H28N2O3. The van der Waals surface area contributed by atoms with Crippen LogP contribution in [0.3, 0.4) is 0 Å². The quantitative estimate of drug-likeness (QED) is 0.734. The van der Waals surface area contributed by atoms with Gasteiger partial charge in [-0.25, -0.2) is 4.79 Å². The van der Waals surface area contributed by atoms with E-state index in [9.17, 15) is 14.7 Å². The number of carbonyl (C=O) groups is 2. The molecule has 1 unspecified atom stereocenters. The van der Waals surface area contributed by atoms with Gasteiger partial charge in [-0.05, 0) is 43.6 Å². The van der Waals surface area contributed by atoms with Gasteiger partial charge >= 0.3 is 5.97 Å². The summed E-state index contributed by atoms with van der Waals surface area (Å²) in [5.74, 6) is -1.52. The topological polar surface area (TPSA) is 69.6 Å². The summed E-state index contributed by atoms with van der Waals surface area (Å²) in [6, 6.07) is 6.49. The van der Waals surface area contributed by atoms with Crippen LogP contribution in [0.25, 0.3) is 0 Å². The fourth-order valence-corrected chi connectivity index (χ4v) is 2.37. The number of hydrogen-bond acceptors (Lipinski definition) is 3. The molecule has 0 saturated heterocycles. The fourth-order valence-electron chi connectivity index (χ4n) is 2.37. The molecule has 5 nitrogen and oxygen atoms in total. The van der Waals surface area contributed by atoms with E-state index in [0.29, 0.717) is 5.56 Å². The number of unbranched alkanes of at least 4 members (excludes halogenated alkanes) is 1. The number of carboxylic acid groups (broad SMARTS) is 1. The molecule has 2 N–H and O–H groups in total. The summed E-state index contributed by atoms with van der Waals surface area (Å²) in [5.41, 5.74) is 1.55. The molecular weight excluding hydrogens is 292 g/mol. The molecule has 0 heterocycles. The molecule has 1 rings (SSSR count). The van der Waals surface area contributed by atoms with Gasteiger partial charge in [-0.3, -0.25) is 4.79 Å². The second-order valence-electron chi connectivity index (χ2n) is 6.33. The van der Waals surface area contributed by atoms with Gasteiger partial charge in [-0.15, -0.1) is 0 Å². The second kappa shape index (κ2) is 9.30. The lowest BCUT2D eigenvalue weighted by Crippen LogP contribution is -2.44. The zero-order valence-electron chi connectivity index (χ0n) is 14.5. The molecule has 1 aromatic rings. The van der Waals surface area contributed by atoms with Crippen LogP contribution in [-0.4, -0.2) is 41.5 Å². The van der Waals surface area contributed by atoms with Gasteiger partial charge in [0.05, 0.1) is 0 Å². The Morgan fingerprint density at radius 3 is 2.57 bits per heavy atom. The molecule has 1 aromatic carbocycles. The largest absolute Gasteiger partial charge is 0.480 e. The summed E-state index contributed by atoms with van der Waals surface area (Å²) < 4.78 is 0.